The highest BCUT2D eigenvalue weighted by molar-refractivity contribution is 5.95. The van der Waals surface area contributed by atoms with Gasteiger partial charge >= 0.3 is 0 Å². The lowest BCUT2D eigenvalue weighted by molar-refractivity contribution is -0.120. The van der Waals surface area contributed by atoms with Gasteiger partial charge in [-0.25, -0.2) is 0 Å². The molecule has 5 nitrogen and oxygen atoms in total. The lowest BCUT2D eigenvalue weighted by Crippen LogP contribution is -2.43. The van der Waals surface area contributed by atoms with Crippen molar-refractivity contribution in [3.05, 3.63) is 24.3 Å². The minimum absolute atomic E-state index is 0.0699. The Morgan fingerprint density at radius 1 is 1.45 bits per heavy atom. The first-order chi connectivity index (χ1) is 10.5. The summed E-state index contributed by atoms with van der Waals surface area (Å²) in [6.07, 6.45) is 2.75. The minimum atomic E-state index is -0.266. The predicted octanol–water partition coefficient (Wildman–Crippen LogP) is 2.12. The molecular formula is C17H26N2O3. The van der Waals surface area contributed by atoms with Crippen molar-refractivity contribution in [2.24, 2.45) is 5.92 Å². The number of benzene rings is 1. The molecule has 0 heterocycles. The molecule has 0 spiro atoms. The van der Waals surface area contributed by atoms with Gasteiger partial charge in [-0.15, -0.1) is 0 Å². The van der Waals surface area contributed by atoms with Crippen LogP contribution in [0.3, 0.4) is 0 Å². The Morgan fingerprint density at radius 3 is 2.82 bits per heavy atom. The molecule has 0 radical (unpaired) electrons. The van der Waals surface area contributed by atoms with E-state index in [-0.39, 0.29) is 24.0 Å². The van der Waals surface area contributed by atoms with Gasteiger partial charge in [0.15, 0.2) is 0 Å². The number of rotatable bonds is 6. The van der Waals surface area contributed by atoms with Crippen LogP contribution in [-0.4, -0.2) is 48.8 Å². The monoisotopic (exact) mass is 306 g/mol. The summed E-state index contributed by atoms with van der Waals surface area (Å²) < 4.78 is 5.25. The molecule has 0 saturated heterocycles. The third-order valence-corrected chi connectivity index (χ3v) is 4.55. The van der Waals surface area contributed by atoms with Crippen LogP contribution in [0.4, 0.5) is 5.69 Å². The Balaban J connectivity index is 1.93. The van der Waals surface area contributed by atoms with E-state index >= 15 is 0 Å². The lowest BCUT2D eigenvalue weighted by atomic mass is 10.0. The number of para-hydroxylation sites is 2. The molecule has 1 aromatic rings. The van der Waals surface area contributed by atoms with Crippen molar-refractivity contribution in [1.82, 2.24) is 4.90 Å². The first-order valence-corrected chi connectivity index (χ1v) is 7.85. The number of methoxy groups -OCH3 is 1. The lowest BCUT2D eigenvalue weighted by Gasteiger charge is -2.28. The molecule has 1 fully saturated rings. The van der Waals surface area contributed by atoms with Crippen LogP contribution in [0.5, 0.6) is 5.75 Å². The van der Waals surface area contributed by atoms with Gasteiger partial charge in [0.1, 0.15) is 5.75 Å². The Morgan fingerprint density at radius 2 is 2.18 bits per heavy atom. The van der Waals surface area contributed by atoms with E-state index in [1.54, 1.807) is 7.11 Å². The molecule has 22 heavy (non-hydrogen) atoms. The molecule has 2 rings (SSSR count). The van der Waals surface area contributed by atoms with Gasteiger partial charge in [-0.3, -0.25) is 9.69 Å². The van der Waals surface area contributed by atoms with Gasteiger partial charge in [-0.1, -0.05) is 18.6 Å². The van der Waals surface area contributed by atoms with E-state index in [1.807, 2.05) is 43.1 Å². The molecule has 1 aliphatic rings. The summed E-state index contributed by atoms with van der Waals surface area (Å²) in [7, 11) is 3.51. The van der Waals surface area contributed by atoms with E-state index in [0.29, 0.717) is 11.4 Å². The van der Waals surface area contributed by atoms with Crippen LogP contribution in [-0.2, 0) is 4.79 Å². The van der Waals surface area contributed by atoms with E-state index in [2.05, 4.69) is 5.32 Å². The molecule has 1 aromatic carbocycles. The summed E-state index contributed by atoms with van der Waals surface area (Å²) in [4.78, 5) is 14.4. The maximum Gasteiger partial charge on any atom is 0.241 e. The number of ether oxygens (including phenoxy) is 1. The zero-order valence-electron chi connectivity index (χ0n) is 13.6. The molecule has 3 atom stereocenters. The highest BCUT2D eigenvalue weighted by Crippen LogP contribution is 2.27. The summed E-state index contributed by atoms with van der Waals surface area (Å²) in [6.45, 7) is 2.62. The van der Waals surface area contributed by atoms with E-state index in [9.17, 15) is 9.90 Å². The number of anilines is 1. The summed E-state index contributed by atoms with van der Waals surface area (Å²) in [5.74, 6) is 0.850. The number of amides is 1. The van der Waals surface area contributed by atoms with Crippen molar-refractivity contribution in [2.45, 2.75) is 38.3 Å². The number of nitrogens with zero attached hydrogens (tertiary/aromatic N) is 1. The maximum atomic E-state index is 12.4. The van der Waals surface area contributed by atoms with Crippen LogP contribution in [0.15, 0.2) is 24.3 Å². The summed E-state index contributed by atoms with van der Waals surface area (Å²) in [5.41, 5.74) is 0.677. The van der Waals surface area contributed by atoms with Crippen LogP contribution in [0, 0.1) is 5.92 Å². The van der Waals surface area contributed by atoms with E-state index < -0.39 is 0 Å². The zero-order valence-corrected chi connectivity index (χ0v) is 13.6. The normalized spacial score (nSPS) is 22.6. The van der Waals surface area contributed by atoms with Crippen LogP contribution in [0.1, 0.15) is 26.2 Å². The second-order valence-electron chi connectivity index (χ2n) is 6.06. The molecule has 0 aromatic heterocycles. The van der Waals surface area contributed by atoms with Gasteiger partial charge < -0.3 is 15.2 Å². The van der Waals surface area contributed by atoms with Crippen molar-refractivity contribution in [1.29, 1.82) is 0 Å². The van der Waals surface area contributed by atoms with E-state index in [1.165, 1.54) is 0 Å². The highest BCUT2D eigenvalue weighted by Gasteiger charge is 2.29. The maximum absolute atomic E-state index is 12.4. The fourth-order valence-corrected chi connectivity index (χ4v) is 2.94. The van der Waals surface area contributed by atoms with Gasteiger partial charge in [-0.05, 0) is 44.9 Å². The summed E-state index contributed by atoms with van der Waals surface area (Å²) in [5, 5.41) is 12.8. The minimum Gasteiger partial charge on any atom is -0.495 e. The molecule has 3 unspecified atom stereocenters. The van der Waals surface area contributed by atoms with Crippen LogP contribution >= 0.6 is 0 Å². The number of aliphatic hydroxyl groups excluding tert-OH is 1. The molecule has 122 valence electrons. The third kappa shape index (κ3) is 3.99. The van der Waals surface area contributed by atoms with Crippen molar-refractivity contribution in [3.63, 3.8) is 0 Å². The molecule has 0 bridgehead atoms. The Hall–Kier alpha value is -1.59. The largest absolute Gasteiger partial charge is 0.495 e. The van der Waals surface area contributed by atoms with Gasteiger partial charge in [0.05, 0.1) is 24.9 Å². The molecule has 5 heteroatoms. The standard InChI is InChI=1S/C17H26N2O3/c1-12(19(2)11-13-7-6-9-15(13)20)17(21)18-14-8-4-5-10-16(14)22-3/h4-5,8,10,12-13,15,20H,6-7,9,11H2,1-3H3,(H,18,21). The van der Waals surface area contributed by atoms with Gasteiger partial charge in [0, 0.05) is 6.54 Å². The first-order valence-electron chi connectivity index (χ1n) is 7.85. The van der Waals surface area contributed by atoms with Gasteiger partial charge in [0.2, 0.25) is 5.91 Å². The highest BCUT2D eigenvalue weighted by atomic mass is 16.5. The Bertz CT molecular complexity index is 506. The average Bonchev–Trinajstić information content (AvgIpc) is 2.92. The number of likely N-dealkylation sites (N-methyl/N-ethyl adjacent to an activating group) is 1. The number of carbonyl (C=O) groups is 1. The average molecular weight is 306 g/mol. The fraction of sp³-hybridized carbons (Fsp3) is 0.588. The topological polar surface area (TPSA) is 61.8 Å². The van der Waals surface area contributed by atoms with Crippen molar-refractivity contribution in [2.75, 3.05) is 26.0 Å². The third-order valence-electron chi connectivity index (χ3n) is 4.55. The molecule has 1 amide bonds. The smallest absolute Gasteiger partial charge is 0.241 e. The number of aliphatic hydroxyl groups is 1. The second-order valence-corrected chi connectivity index (χ2v) is 6.06. The van der Waals surface area contributed by atoms with Crippen LogP contribution in [0.25, 0.3) is 0 Å². The fourth-order valence-electron chi connectivity index (χ4n) is 2.94. The van der Waals surface area contributed by atoms with Crippen LogP contribution < -0.4 is 10.1 Å². The van der Waals surface area contributed by atoms with Crippen molar-refractivity contribution in [3.8, 4) is 5.75 Å². The summed E-state index contributed by atoms with van der Waals surface area (Å²) >= 11 is 0. The first kappa shape index (κ1) is 16.8. The molecular weight excluding hydrogens is 280 g/mol. The zero-order chi connectivity index (χ0) is 16.1. The Kier molecular flexibility index (Phi) is 5.80. The number of hydrogen-bond donors (Lipinski definition) is 2. The molecule has 2 N–H and O–H groups in total. The summed E-state index contributed by atoms with van der Waals surface area (Å²) in [6, 6.07) is 7.11. The van der Waals surface area contributed by atoms with E-state index in [0.717, 1.165) is 25.8 Å². The number of hydrogen-bond acceptors (Lipinski definition) is 4. The Labute approximate surface area is 132 Å². The van der Waals surface area contributed by atoms with Crippen LogP contribution in [0.2, 0.25) is 0 Å². The number of carbonyl (C=O) groups excluding carboxylic acids is 1. The second kappa shape index (κ2) is 7.61. The molecule has 1 aliphatic carbocycles. The van der Waals surface area contributed by atoms with Gasteiger partial charge in [-0.2, -0.15) is 0 Å². The SMILES string of the molecule is COc1ccccc1NC(=O)C(C)N(C)CC1CCCC1O. The van der Waals surface area contributed by atoms with Gasteiger partial charge in [0.25, 0.3) is 0 Å². The predicted molar refractivity (Wildman–Crippen MR) is 87.1 cm³/mol. The van der Waals surface area contributed by atoms with E-state index in [4.69, 9.17) is 4.74 Å². The quantitative estimate of drug-likeness (QED) is 0.845. The number of nitrogens with one attached hydrogen (secondary N) is 1. The van der Waals surface area contributed by atoms with Crippen molar-refractivity contribution >= 4 is 11.6 Å². The van der Waals surface area contributed by atoms with Crippen molar-refractivity contribution < 1.29 is 14.6 Å². The molecule has 1 saturated carbocycles. The molecule has 0 aliphatic heterocycles.